The van der Waals surface area contributed by atoms with Gasteiger partial charge in [-0.05, 0) is 29.8 Å². The number of halogens is 3. The van der Waals surface area contributed by atoms with Crippen LogP contribution < -0.4 is 0 Å². The van der Waals surface area contributed by atoms with Crippen molar-refractivity contribution in [3.63, 3.8) is 0 Å². The van der Waals surface area contributed by atoms with Gasteiger partial charge >= 0.3 is 0 Å². The van der Waals surface area contributed by atoms with Crippen LogP contribution in [0, 0.1) is 23.5 Å². The van der Waals surface area contributed by atoms with E-state index in [-0.39, 0.29) is 5.56 Å². The molecular formula is C12H6F3. The molecule has 2 aromatic carbocycles. The lowest BCUT2D eigenvalue weighted by Gasteiger charge is -2.02. The Morgan fingerprint density at radius 2 is 1.53 bits per heavy atom. The highest BCUT2D eigenvalue weighted by Crippen LogP contribution is 2.22. The van der Waals surface area contributed by atoms with E-state index in [1.54, 1.807) is 0 Å². The minimum absolute atomic E-state index is 0.136. The predicted octanol–water partition coefficient (Wildman–Crippen LogP) is 3.57. The first-order chi connectivity index (χ1) is 7.16. The molecule has 0 amide bonds. The molecule has 15 heavy (non-hydrogen) atoms. The third kappa shape index (κ3) is 2.01. The van der Waals surface area contributed by atoms with E-state index in [2.05, 4.69) is 6.07 Å². The van der Waals surface area contributed by atoms with Gasteiger partial charge in [0.05, 0.1) is 0 Å². The SMILES string of the molecule is Fc1ccc(-c2[c]cc(F)cc2F)cc1. The Morgan fingerprint density at radius 3 is 2.13 bits per heavy atom. The fourth-order valence-corrected chi connectivity index (χ4v) is 1.28. The Labute approximate surface area is 85.0 Å². The number of benzene rings is 2. The van der Waals surface area contributed by atoms with Gasteiger partial charge < -0.3 is 0 Å². The van der Waals surface area contributed by atoms with Crippen LogP contribution in [0.25, 0.3) is 11.1 Å². The van der Waals surface area contributed by atoms with Crippen LogP contribution in [0.5, 0.6) is 0 Å². The molecule has 0 aromatic heterocycles. The van der Waals surface area contributed by atoms with E-state index >= 15 is 0 Å². The molecule has 0 saturated heterocycles. The van der Waals surface area contributed by atoms with Crippen molar-refractivity contribution in [2.45, 2.75) is 0 Å². The van der Waals surface area contributed by atoms with Crippen molar-refractivity contribution in [2.75, 3.05) is 0 Å². The summed E-state index contributed by atoms with van der Waals surface area (Å²) in [5.74, 6) is -1.79. The van der Waals surface area contributed by atoms with Gasteiger partial charge in [-0.1, -0.05) is 12.1 Å². The Balaban J connectivity index is 2.49. The third-order valence-corrected chi connectivity index (χ3v) is 1.99. The summed E-state index contributed by atoms with van der Waals surface area (Å²) in [6.07, 6.45) is 0. The predicted molar refractivity (Wildman–Crippen MR) is 50.6 cm³/mol. The summed E-state index contributed by atoms with van der Waals surface area (Å²) in [7, 11) is 0. The monoisotopic (exact) mass is 207 g/mol. The van der Waals surface area contributed by atoms with Crippen LogP contribution in [0.4, 0.5) is 13.2 Å². The minimum Gasteiger partial charge on any atom is -0.207 e. The lowest BCUT2D eigenvalue weighted by Crippen LogP contribution is -1.86. The van der Waals surface area contributed by atoms with Gasteiger partial charge in [0.25, 0.3) is 0 Å². The van der Waals surface area contributed by atoms with Gasteiger partial charge in [0.2, 0.25) is 0 Å². The Kier molecular flexibility index (Phi) is 2.46. The molecule has 2 aromatic rings. The fourth-order valence-electron chi connectivity index (χ4n) is 1.28. The average Bonchev–Trinajstić information content (AvgIpc) is 2.20. The molecule has 0 saturated carbocycles. The maximum absolute atomic E-state index is 13.3. The van der Waals surface area contributed by atoms with Gasteiger partial charge in [0.15, 0.2) is 0 Å². The standard InChI is InChI=1S/C12H6F3/c13-9-3-1-8(2-4-9)11-6-5-10(14)7-12(11)15/h1-5,7H. The minimum atomic E-state index is -0.707. The zero-order valence-corrected chi connectivity index (χ0v) is 7.60. The summed E-state index contributed by atoms with van der Waals surface area (Å²) in [5.41, 5.74) is 0.602. The molecule has 0 heterocycles. The highest BCUT2D eigenvalue weighted by molar-refractivity contribution is 5.63. The molecule has 0 N–H and O–H groups in total. The van der Waals surface area contributed by atoms with E-state index in [0.717, 1.165) is 12.1 Å². The zero-order valence-electron chi connectivity index (χ0n) is 7.60. The molecule has 0 unspecified atom stereocenters. The van der Waals surface area contributed by atoms with Crippen molar-refractivity contribution in [1.82, 2.24) is 0 Å². The molecule has 2 rings (SSSR count). The summed E-state index contributed by atoms with van der Waals surface area (Å²) < 4.78 is 38.5. The zero-order chi connectivity index (χ0) is 10.8. The molecule has 0 aliphatic carbocycles. The summed E-state index contributed by atoms with van der Waals surface area (Å²) in [6.45, 7) is 0. The van der Waals surface area contributed by atoms with Crippen molar-refractivity contribution < 1.29 is 13.2 Å². The van der Waals surface area contributed by atoms with E-state index in [1.807, 2.05) is 0 Å². The quantitative estimate of drug-likeness (QED) is 0.670. The molecule has 75 valence electrons. The Morgan fingerprint density at radius 1 is 0.867 bits per heavy atom. The first kappa shape index (κ1) is 9.77. The second-order valence-corrected chi connectivity index (χ2v) is 3.05. The molecule has 0 aliphatic heterocycles. The van der Waals surface area contributed by atoms with Crippen molar-refractivity contribution in [2.24, 2.45) is 0 Å². The van der Waals surface area contributed by atoms with E-state index in [0.29, 0.717) is 5.56 Å². The van der Waals surface area contributed by atoms with Crippen LogP contribution in [0.3, 0.4) is 0 Å². The molecule has 0 nitrogen and oxygen atoms in total. The molecule has 0 fully saturated rings. The maximum atomic E-state index is 13.3. The van der Waals surface area contributed by atoms with Crippen LogP contribution in [-0.2, 0) is 0 Å². The molecule has 0 spiro atoms. The summed E-state index contributed by atoms with van der Waals surface area (Å²) in [4.78, 5) is 0. The van der Waals surface area contributed by atoms with Crippen molar-refractivity contribution in [1.29, 1.82) is 0 Å². The van der Waals surface area contributed by atoms with Crippen molar-refractivity contribution in [3.05, 3.63) is 59.9 Å². The highest BCUT2D eigenvalue weighted by Gasteiger charge is 2.06. The van der Waals surface area contributed by atoms with E-state index in [1.165, 1.54) is 24.3 Å². The first-order valence-electron chi connectivity index (χ1n) is 4.29. The van der Waals surface area contributed by atoms with Crippen molar-refractivity contribution in [3.8, 4) is 11.1 Å². The number of rotatable bonds is 1. The summed E-state index contributed by atoms with van der Waals surface area (Å²) in [6, 6.07) is 9.55. The molecule has 1 radical (unpaired) electrons. The van der Waals surface area contributed by atoms with Gasteiger partial charge in [-0.2, -0.15) is 0 Å². The normalized spacial score (nSPS) is 10.3. The fraction of sp³-hybridized carbons (Fsp3) is 0. The first-order valence-corrected chi connectivity index (χ1v) is 4.29. The highest BCUT2D eigenvalue weighted by atomic mass is 19.1. The second-order valence-electron chi connectivity index (χ2n) is 3.05. The van der Waals surface area contributed by atoms with Gasteiger partial charge in [-0.25, -0.2) is 13.2 Å². The van der Waals surface area contributed by atoms with Crippen LogP contribution in [0.2, 0.25) is 0 Å². The van der Waals surface area contributed by atoms with E-state index < -0.39 is 17.5 Å². The summed E-state index contributed by atoms with van der Waals surface area (Å²) in [5, 5.41) is 0. The number of hydrogen-bond donors (Lipinski definition) is 0. The molecular weight excluding hydrogens is 201 g/mol. The van der Waals surface area contributed by atoms with E-state index in [9.17, 15) is 13.2 Å². The summed E-state index contributed by atoms with van der Waals surface area (Å²) >= 11 is 0. The smallest absolute Gasteiger partial charge is 0.134 e. The third-order valence-electron chi connectivity index (χ3n) is 1.99. The van der Waals surface area contributed by atoms with Crippen LogP contribution in [0.1, 0.15) is 0 Å². The molecule has 0 atom stereocenters. The number of hydrogen-bond acceptors (Lipinski definition) is 0. The molecule has 0 bridgehead atoms. The topological polar surface area (TPSA) is 0 Å². The lowest BCUT2D eigenvalue weighted by atomic mass is 10.1. The van der Waals surface area contributed by atoms with Crippen molar-refractivity contribution >= 4 is 0 Å². The lowest BCUT2D eigenvalue weighted by molar-refractivity contribution is 0.585. The average molecular weight is 207 g/mol. The van der Waals surface area contributed by atoms with Gasteiger partial charge in [-0.3, -0.25) is 0 Å². The van der Waals surface area contributed by atoms with Gasteiger partial charge in [-0.15, -0.1) is 0 Å². The van der Waals surface area contributed by atoms with Crippen LogP contribution in [0.15, 0.2) is 36.4 Å². The van der Waals surface area contributed by atoms with E-state index in [4.69, 9.17) is 0 Å². The Bertz CT molecular complexity index is 475. The van der Waals surface area contributed by atoms with Crippen LogP contribution >= 0.6 is 0 Å². The largest absolute Gasteiger partial charge is 0.207 e. The second kappa shape index (κ2) is 3.77. The molecule has 3 heteroatoms. The van der Waals surface area contributed by atoms with Gasteiger partial charge in [0.1, 0.15) is 17.5 Å². The Hall–Kier alpha value is -1.77. The van der Waals surface area contributed by atoms with Gasteiger partial charge in [0, 0.05) is 11.6 Å². The van der Waals surface area contributed by atoms with Crippen LogP contribution in [-0.4, -0.2) is 0 Å². The molecule has 0 aliphatic rings. The maximum Gasteiger partial charge on any atom is 0.134 e.